The maximum Gasteiger partial charge on any atom is 0.161 e. The van der Waals surface area contributed by atoms with Crippen LogP contribution in [0.3, 0.4) is 0 Å². The smallest absolute Gasteiger partial charge is 0.161 e. The van der Waals surface area contributed by atoms with Gasteiger partial charge in [-0.3, -0.25) is 4.79 Å². The molecule has 0 atom stereocenters. The summed E-state index contributed by atoms with van der Waals surface area (Å²) in [6, 6.07) is 5.36. The molecule has 4 nitrogen and oxygen atoms in total. The summed E-state index contributed by atoms with van der Waals surface area (Å²) >= 11 is 0. The molecular formula is C19H30NO3+. The third kappa shape index (κ3) is 5.54. The van der Waals surface area contributed by atoms with Crippen LogP contribution in [0.5, 0.6) is 11.5 Å². The van der Waals surface area contributed by atoms with E-state index in [1.165, 1.54) is 38.9 Å². The summed E-state index contributed by atoms with van der Waals surface area (Å²) in [5, 5.41) is 0. The number of likely N-dealkylation sites (tertiary alicyclic amines) is 1. The first-order chi connectivity index (χ1) is 11.1. The molecule has 2 rings (SSSR count). The largest absolute Gasteiger partial charge is 0.493 e. The molecule has 23 heavy (non-hydrogen) atoms. The van der Waals surface area contributed by atoms with Crippen LogP contribution >= 0.6 is 0 Å². The van der Waals surface area contributed by atoms with Gasteiger partial charge in [0.25, 0.3) is 0 Å². The van der Waals surface area contributed by atoms with E-state index in [9.17, 15) is 4.79 Å². The molecule has 1 heterocycles. The second-order valence-electron chi connectivity index (χ2n) is 6.66. The van der Waals surface area contributed by atoms with Gasteiger partial charge in [0, 0.05) is 5.56 Å². The van der Waals surface area contributed by atoms with Crippen LogP contribution in [0.25, 0.3) is 0 Å². The number of carbonyl (C=O) groups is 1. The van der Waals surface area contributed by atoms with Crippen LogP contribution in [0.1, 0.15) is 49.9 Å². The number of quaternary nitrogens is 1. The lowest BCUT2D eigenvalue weighted by atomic mass is 9.99. The van der Waals surface area contributed by atoms with Crippen molar-refractivity contribution in [3.63, 3.8) is 0 Å². The zero-order valence-electron chi connectivity index (χ0n) is 14.7. The van der Waals surface area contributed by atoms with Crippen molar-refractivity contribution in [2.75, 3.05) is 33.4 Å². The summed E-state index contributed by atoms with van der Waals surface area (Å²) in [5.41, 5.74) is 0.650. The average molecular weight is 320 g/mol. The quantitative estimate of drug-likeness (QED) is 0.590. The van der Waals surface area contributed by atoms with Gasteiger partial charge in [0.2, 0.25) is 0 Å². The van der Waals surface area contributed by atoms with Gasteiger partial charge in [-0.2, -0.15) is 0 Å². The molecule has 0 saturated carbocycles. The van der Waals surface area contributed by atoms with Crippen LogP contribution in [0.4, 0.5) is 0 Å². The van der Waals surface area contributed by atoms with Crippen molar-refractivity contribution in [3.05, 3.63) is 23.8 Å². The summed E-state index contributed by atoms with van der Waals surface area (Å²) in [4.78, 5) is 13.1. The molecule has 0 bridgehead atoms. The molecule has 4 heteroatoms. The Bertz CT molecular complexity index is 507. The minimum atomic E-state index is 0.0358. The Morgan fingerprint density at radius 1 is 1.22 bits per heavy atom. The van der Waals surface area contributed by atoms with Crippen LogP contribution < -0.4 is 14.4 Å². The van der Waals surface area contributed by atoms with Crippen LogP contribution in [0, 0.1) is 5.92 Å². The topological polar surface area (TPSA) is 40.0 Å². The fourth-order valence-electron chi connectivity index (χ4n) is 3.09. The molecule has 0 spiro atoms. The van der Waals surface area contributed by atoms with Gasteiger partial charge in [-0.05, 0) is 56.7 Å². The molecule has 1 saturated heterocycles. The van der Waals surface area contributed by atoms with Crippen molar-refractivity contribution >= 4 is 5.78 Å². The van der Waals surface area contributed by atoms with E-state index < -0.39 is 0 Å². The van der Waals surface area contributed by atoms with Gasteiger partial charge < -0.3 is 14.4 Å². The number of hydrogen-bond acceptors (Lipinski definition) is 3. The Hall–Kier alpha value is -1.55. The highest BCUT2D eigenvalue weighted by molar-refractivity contribution is 5.94. The number of methoxy groups -OCH3 is 1. The Morgan fingerprint density at radius 3 is 2.61 bits per heavy atom. The van der Waals surface area contributed by atoms with Gasteiger partial charge in [-0.15, -0.1) is 0 Å². The molecule has 0 radical (unpaired) electrons. The molecular weight excluding hydrogens is 290 g/mol. The monoisotopic (exact) mass is 320 g/mol. The van der Waals surface area contributed by atoms with E-state index >= 15 is 0 Å². The highest BCUT2D eigenvalue weighted by atomic mass is 16.5. The Morgan fingerprint density at radius 2 is 1.96 bits per heavy atom. The number of ether oxygens (including phenoxy) is 2. The maximum atomic E-state index is 11.4. The maximum absolute atomic E-state index is 11.4. The van der Waals surface area contributed by atoms with Crippen LogP contribution in [-0.4, -0.2) is 39.1 Å². The van der Waals surface area contributed by atoms with E-state index in [1.54, 1.807) is 31.1 Å². The van der Waals surface area contributed by atoms with Crippen molar-refractivity contribution < 1.29 is 19.2 Å². The lowest BCUT2D eigenvalue weighted by Crippen LogP contribution is -3.13. The van der Waals surface area contributed by atoms with Gasteiger partial charge in [-0.25, -0.2) is 0 Å². The number of hydrogen-bond donors (Lipinski definition) is 1. The number of benzene rings is 1. The van der Waals surface area contributed by atoms with Gasteiger partial charge in [0.15, 0.2) is 17.3 Å². The number of nitrogens with one attached hydrogen (secondary N) is 1. The number of Topliss-reactive ketones (excluding diaryl/α,β-unsaturated/α-hetero) is 1. The first-order valence-corrected chi connectivity index (χ1v) is 8.75. The first kappa shape index (κ1) is 17.8. The number of ketones is 1. The number of rotatable bonds is 8. The molecule has 0 aromatic heterocycles. The van der Waals surface area contributed by atoms with Crippen molar-refractivity contribution in [1.29, 1.82) is 0 Å². The van der Waals surface area contributed by atoms with E-state index in [4.69, 9.17) is 9.47 Å². The fraction of sp³-hybridized carbons (Fsp3) is 0.632. The number of unbranched alkanes of at least 4 members (excludes halogenated alkanes) is 1. The number of piperidine rings is 1. The summed E-state index contributed by atoms with van der Waals surface area (Å²) in [5.74, 6) is 2.30. The lowest BCUT2D eigenvalue weighted by Gasteiger charge is -2.27. The minimum Gasteiger partial charge on any atom is -0.493 e. The van der Waals surface area contributed by atoms with E-state index in [0.717, 1.165) is 18.1 Å². The summed E-state index contributed by atoms with van der Waals surface area (Å²) in [7, 11) is 1.60. The van der Waals surface area contributed by atoms with Gasteiger partial charge in [-0.1, -0.05) is 6.92 Å². The summed E-state index contributed by atoms with van der Waals surface area (Å²) in [6.45, 7) is 8.50. The molecule has 1 N–H and O–H groups in total. The Balaban J connectivity index is 1.70. The normalized spacial score (nSPS) is 21.0. The summed E-state index contributed by atoms with van der Waals surface area (Å²) < 4.78 is 11.1. The Labute approximate surface area is 139 Å². The second-order valence-corrected chi connectivity index (χ2v) is 6.66. The second kappa shape index (κ2) is 8.92. The fourth-order valence-corrected chi connectivity index (χ4v) is 3.09. The molecule has 1 aromatic rings. The number of carbonyl (C=O) groups excluding carboxylic acids is 1. The molecule has 1 fully saturated rings. The van der Waals surface area contributed by atoms with E-state index in [0.29, 0.717) is 17.9 Å². The van der Waals surface area contributed by atoms with E-state index in [1.807, 2.05) is 6.07 Å². The van der Waals surface area contributed by atoms with Gasteiger partial charge in [0.05, 0.1) is 33.4 Å². The predicted octanol–water partition coefficient (Wildman–Crippen LogP) is 2.37. The Kier molecular flexibility index (Phi) is 6.90. The first-order valence-electron chi connectivity index (χ1n) is 8.75. The minimum absolute atomic E-state index is 0.0358. The molecule has 0 amide bonds. The standard InChI is InChI=1S/C19H29NO3/c1-15-8-11-20(12-9-15)10-4-5-13-23-18-7-6-17(16(2)21)14-19(18)22-3/h6-7,14-15H,4-5,8-13H2,1-3H3/p+1. The SMILES string of the molecule is COc1cc(C(C)=O)ccc1OCCCC[NH+]1CCC(C)CC1. The van der Waals surface area contributed by atoms with Crippen LogP contribution in [-0.2, 0) is 0 Å². The van der Waals surface area contributed by atoms with Crippen LogP contribution in [0.15, 0.2) is 18.2 Å². The average Bonchev–Trinajstić information content (AvgIpc) is 2.56. The van der Waals surface area contributed by atoms with Crippen molar-refractivity contribution in [2.24, 2.45) is 5.92 Å². The molecule has 0 unspecified atom stereocenters. The van der Waals surface area contributed by atoms with Crippen molar-refractivity contribution in [1.82, 2.24) is 0 Å². The van der Waals surface area contributed by atoms with Gasteiger partial charge >= 0.3 is 0 Å². The molecule has 128 valence electrons. The predicted molar refractivity (Wildman–Crippen MR) is 91.7 cm³/mol. The zero-order chi connectivity index (χ0) is 16.7. The highest BCUT2D eigenvalue weighted by Gasteiger charge is 2.18. The van der Waals surface area contributed by atoms with Crippen LogP contribution in [0.2, 0.25) is 0 Å². The molecule has 1 aliphatic heterocycles. The van der Waals surface area contributed by atoms with Crippen molar-refractivity contribution in [2.45, 2.75) is 39.5 Å². The molecule has 1 aliphatic rings. The highest BCUT2D eigenvalue weighted by Crippen LogP contribution is 2.28. The molecule has 1 aromatic carbocycles. The third-order valence-corrected chi connectivity index (χ3v) is 4.73. The van der Waals surface area contributed by atoms with E-state index in [2.05, 4.69) is 6.92 Å². The zero-order valence-corrected chi connectivity index (χ0v) is 14.7. The van der Waals surface area contributed by atoms with Crippen molar-refractivity contribution in [3.8, 4) is 11.5 Å². The molecule has 0 aliphatic carbocycles. The van der Waals surface area contributed by atoms with E-state index in [-0.39, 0.29) is 5.78 Å². The third-order valence-electron chi connectivity index (χ3n) is 4.73. The lowest BCUT2D eigenvalue weighted by molar-refractivity contribution is -0.906. The summed E-state index contributed by atoms with van der Waals surface area (Å²) in [6.07, 6.45) is 4.98. The van der Waals surface area contributed by atoms with Gasteiger partial charge in [0.1, 0.15) is 0 Å².